The molecule has 1 heterocycles. The Morgan fingerprint density at radius 2 is 2.17 bits per heavy atom. The zero-order valence-electron chi connectivity index (χ0n) is 9.54. The summed E-state index contributed by atoms with van der Waals surface area (Å²) in [5, 5.41) is 9.01. The fraction of sp³-hybridized carbons (Fsp3) is 0.0769. The highest BCUT2D eigenvalue weighted by Crippen LogP contribution is 2.21. The number of carbonyl (C=O) groups excluding carboxylic acids is 1. The summed E-state index contributed by atoms with van der Waals surface area (Å²) in [5.41, 5.74) is 6.23. The second-order valence-electron chi connectivity index (χ2n) is 3.65. The fourth-order valence-corrected chi connectivity index (χ4v) is 1.45. The molecule has 1 amide bonds. The molecule has 92 valence electrons. The maximum atomic E-state index is 11.0. The van der Waals surface area contributed by atoms with Gasteiger partial charge in [-0.2, -0.15) is 0 Å². The van der Waals surface area contributed by atoms with E-state index in [4.69, 9.17) is 15.6 Å². The molecule has 2 aromatic rings. The molecule has 0 spiro atoms. The van der Waals surface area contributed by atoms with Gasteiger partial charge in [0.1, 0.15) is 5.75 Å². The van der Waals surface area contributed by atoms with Crippen LogP contribution >= 0.6 is 0 Å². The number of pyridine rings is 1. The van der Waals surface area contributed by atoms with Crippen LogP contribution in [0.5, 0.6) is 11.6 Å². The molecule has 0 saturated heterocycles. The van der Waals surface area contributed by atoms with Gasteiger partial charge in [0.05, 0.1) is 6.61 Å². The Hall–Kier alpha value is -2.40. The summed E-state index contributed by atoms with van der Waals surface area (Å²) in [6.07, 6.45) is 1.45. The highest BCUT2D eigenvalue weighted by Gasteiger charge is 2.04. The average molecular weight is 244 g/mol. The first-order valence-electron chi connectivity index (χ1n) is 5.32. The molecule has 5 heteroatoms. The largest absolute Gasteiger partial charge is 0.439 e. The lowest BCUT2D eigenvalue weighted by atomic mass is 10.2. The lowest BCUT2D eigenvalue weighted by Gasteiger charge is -2.06. The highest BCUT2D eigenvalue weighted by atomic mass is 16.5. The lowest BCUT2D eigenvalue weighted by molar-refractivity contribution is 0.1000. The molecule has 0 saturated carbocycles. The second-order valence-corrected chi connectivity index (χ2v) is 3.65. The van der Waals surface area contributed by atoms with Gasteiger partial charge in [0.25, 0.3) is 0 Å². The first-order valence-corrected chi connectivity index (χ1v) is 5.32. The fourth-order valence-electron chi connectivity index (χ4n) is 1.45. The molecule has 0 aliphatic heterocycles. The predicted molar refractivity (Wildman–Crippen MR) is 65.2 cm³/mol. The standard InChI is InChI=1S/C13H12N2O3/c14-13(17)10-4-5-15-12(7-10)18-11-3-1-2-9(6-11)8-16/h1-7,16H,8H2,(H2,14,17). The van der Waals surface area contributed by atoms with E-state index >= 15 is 0 Å². The third-order valence-corrected chi connectivity index (χ3v) is 2.32. The Labute approximate surface area is 104 Å². The Balaban J connectivity index is 2.22. The van der Waals surface area contributed by atoms with Crippen LogP contribution < -0.4 is 10.5 Å². The topological polar surface area (TPSA) is 85.4 Å². The van der Waals surface area contributed by atoms with Crippen molar-refractivity contribution in [2.24, 2.45) is 5.73 Å². The van der Waals surface area contributed by atoms with Gasteiger partial charge in [-0.15, -0.1) is 0 Å². The molecule has 18 heavy (non-hydrogen) atoms. The third-order valence-electron chi connectivity index (χ3n) is 2.32. The summed E-state index contributed by atoms with van der Waals surface area (Å²) in [4.78, 5) is 15.0. The molecule has 0 bridgehead atoms. The molecular formula is C13H12N2O3. The summed E-state index contributed by atoms with van der Waals surface area (Å²) in [5.74, 6) is 0.281. The SMILES string of the molecule is NC(=O)c1ccnc(Oc2cccc(CO)c2)c1. The lowest BCUT2D eigenvalue weighted by Crippen LogP contribution is -2.10. The van der Waals surface area contributed by atoms with E-state index in [0.29, 0.717) is 11.3 Å². The monoisotopic (exact) mass is 244 g/mol. The zero-order chi connectivity index (χ0) is 13.0. The van der Waals surface area contributed by atoms with Crippen LogP contribution in [0.25, 0.3) is 0 Å². The second kappa shape index (κ2) is 5.29. The number of primary amides is 1. The number of aliphatic hydroxyl groups is 1. The minimum atomic E-state index is -0.536. The van der Waals surface area contributed by atoms with Crippen molar-refractivity contribution in [3.05, 3.63) is 53.7 Å². The summed E-state index contributed by atoms with van der Waals surface area (Å²) >= 11 is 0. The molecule has 3 N–H and O–H groups in total. The Bertz CT molecular complexity index is 570. The Morgan fingerprint density at radius 1 is 1.33 bits per heavy atom. The molecule has 0 aliphatic carbocycles. The molecule has 2 rings (SSSR count). The van der Waals surface area contributed by atoms with E-state index in [0.717, 1.165) is 5.56 Å². The van der Waals surface area contributed by atoms with Crippen molar-refractivity contribution in [2.75, 3.05) is 0 Å². The molecule has 1 aromatic heterocycles. The molecule has 0 atom stereocenters. The molecule has 0 fully saturated rings. The van der Waals surface area contributed by atoms with Gasteiger partial charge in [-0.05, 0) is 23.8 Å². The van der Waals surface area contributed by atoms with Crippen LogP contribution in [0.4, 0.5) is 0 Å². The van der Waals surface area contributed by atoms with Crippen molar-refractivity contribution in [2.45, 2.75) is 6.61 Å². The summed E-state index contributed by atoms with van der Waals surface area (Å²) in [6.45, 7) is -0.0635. The summed E-state index contributed by atoms with van der Waals surface area (Å²) in [6, 6.07) is 9.95. The van der Waals surface area contributed by atoms with E-state index in [9.17, 15) is 4.79 Å². The van der Waals surface area contributed by atoms with Crippen molar-refractivity contribution >= 4 is 5.91 Å². The van der Waals surface area contributed by atoms with Crippen LogP contribution in [0.3, 0.4) is 0 Å². The molecule has 1 aromatic carbocycles. The van der Waals surface area contributed by atoms with Crippen LogP contribution in [-0.2, 0) is 6.61 Å². The van der Waals surface area contributed by atoms with Gasteiger partial charge >= 0.3 is 0 Å². The van der Waals surface area contributed by atoms with Gasteiger partial charge in [0, 0.05) is 17.8 Å². The van der Waals surface area contributed by atoms with E-state index in [2.05, 4.69) is 4.98 Å². The molecular weight excluding hydrogens is 232 g/mol. The first kappa shape index (κ1) is 12.1. The smallest absolute Gasteiger partial charge is 0.248 e. The van der Waals surface area contributed by atoms with Gasteiger partial charge in [-0.25, -0.2) is 4.98 Å². The van der Waals surface area contributed by atoms with Crippen molar-refractivity contribution in [1.82, 2.24) is 4.98 Å². The number of carbonyl (C=O) groups is 1. The first-order chi connectivity index (χ1) is 8.69. The normalized spacial score (nSPS) is 10.1. The minimum absolute atomic E-state index is 0.0635. The number of benzene rings is 1. The number of aromatic nitrogens is 1. The van der Waals surface area contributed by atoms with Gasteiger partial charge in [-0.3, -0.25) is 4.79 Å². The zero-order valence-corrected chi connectivity index (χ0v) is 9.54. The van der Waals surface area contributed by atoms with E-state index in [1.807, 2.05) is 0 Å². The number of hydrogen-bond donors (Lipinski definition) is 2. The molecule has 0 unspecified atom stereocenters. The average Bonchev–Trinajstić information content (AvgIpc) is 2.39. The van der Waals surface area contributed by atoms with Crippen molar-refractivity contribution < 1.29 is 14.6 Å². The van der Waals surface area contributed by atoms with E-state index in [-0.39, 0.29) is 12.5 Å². The third kappa shape index (κ3) is 2.83. The maximum Gasteiger partial charge on any atom is 0.248 e. The quantitative estimate of drug-likeness (QED) is 0.852. The van der Waals surface area contributed by atoms with Gasteiger partial charge < -0.3 is 15.6 Å². The van der Waals surface area contributed by atoms with Crippen LogP contribution in [0, 0.1) is 0 Å². The number of nitrogens with zero attached hydrogens (tertiary/aromatic N) is 1. The Kier molecular flexibility index (Phi) is 3.54. The number of aliphatic hydroxyl groups excluding tert-OH is 1. The van der Waals surface area contributed by atoms with Crippen molar-refractivity contribution in [3.63, 3.8) is 0 Å². The molecule has 0 aliphatic rings. The highest BCUT2D eigenvalue weighted by molar-refractivity contribution is 5.92. The molecule has 5 nitrogen and oxygen atoms in total. The van der Waals surface area contributed by atoms with Crippen LogP contribution in [0.1, 0.15) is 15.9 Å². The van der Waals surface area contributed by atoms with E-state index in [1.54, 1.807) is 24.3 Å². The number of nitrogens with two attached hydrogens (primary N) is 1. The number of hydrogen-bond acceptors (Lipinski definition) is 4. The minimum Gasteiger partial charge on any atom is -0.439 e. The van der Waals surface area contributed by atoms with E-state index in [1.165, 1.54) is 18.3 Å². The maximum absolute atomic E-state index is 11.0. The summed E-state index contributed by atoms with van der Waals surface area (Å²) < 4.78 is 5.48. The number of amides is 1. The number of rotatable bonds is 4. The Morgan fingerprint density at radius 3 is 2.89 bits per heavy atom. The van der Waals surface area contributed by atoms with Crippen molar-refractivity contribution in [1.29, 1.82) is 0 Å². The van der Waals surface area contributed by atoms with Crippen LogP contribution in [0.2, 0.25) is 0 Å². The predicted octanol–water partition coefficient (Wildman–Crippen LogP) is 1.47. The van der Waals surface area contributed by atoms with E-state index < -0.39 is 5.91 Å². The van der Waals surface area contributed by atoms with Crippen molar-refractivity contribution in [3.8, 4) is 11.6 Å². The number of ether oxygens (including phenoxy) is 1. The van der Waals surface area contributed by atoms with Gasteiger partial charge in [-0.1, -0.05) is 12.1 Å². The molecule has 0 radical (unpaired) electrons. The van der Waals surface area contributed by atoms with Crippen LogP contribution in [0.15, 0.2) is 42.6 Å². The van der Waals surface area contributed by atoms with Crippen LogP contribution in [-0.4, -0.2) is 16.0 Å². The summed E-state index contributed by atoms with van der Waals surface area (Å²) in [7, 11) is 0. The van der Waals surface area contributed by atoms with Gasteiger partial charge in [0.15, 0.2) is 0 Å². The van der Waals surface area contributed by atoms with Gasteiger partial charge in [0.2, 0.25) is 11.8 Å².